The van der Waals surface area contributed by atoms with Crippen molar-refractivity contribution in [1.29, 1.82) is 0 Å². The van der Waals surface area contributed by atoms with E-state index in [-0.39, 0.29) is 18.4 Å². The van der Waals surface area contributed by atoms with Gasteiger partial charge in [0.05, 0.1) is 0 Å². The lowest BCUT2D eigenvalue weighted by Gasteiger charge is -2.31. The molecule has 2 amide bonds. The molecule has 0 aliphatic rings. The molecule has 0 saturated heterocycles. The number of thioether (sulfide) groups is 1. The average molecular weight is 502 g/mol. The third-order valence-electron chi connectivity index (χ3n) is 4.74. The molecule has 0 saturated carbocycles. The molecule has 0 aliphatic carbocycles. The van der Waals surface area contributed by atoms with Crippen molar-refractivity contribution >= 4 is 58.4 Å². The van der Waals surface area contributed by atoms with Crippen LogP contribution in [0.2, 0.25) is 15.1 Å². The first kappa shape index (κ1) is 25.9. The zero-order valence-electron chi connectivity index (χ0n) is 17.7. The van der Waals surface area contributed by atoms with Crippen molar-refractivity contribution < 1.29 is 9.59 Å². The SMILES string of the molecule is CCNC(=O)[C@H](CC)N(Cc1c(Cl)cccc1Cl)C(=O)CCCSc1ccc(Cl)cc1. The van der Waals surface area contributed by atoms with Crippen molar-refractivity contribution in [2.75, 3.05) is 12.3 Å². The molecule has 8 heteroatoms. The highest BCUT2D eigenvalue weighted by molar-refractivity contribution is 7.99. The minimum Gasteiger partial charge on any atom is -0.355 e. The normalized spacial score (nSPS) is 11.8. The molecule has 31 heavy (non-hydrogen) atoms. The smallest absolute Gasteiger partial charge is 0.242 e. The molecular weight excluding hydrogens is 475 g/mol. The van der Waals surface area contributed by atoms with Gasteiger partial charge in [0.15, 0.2) is 0 Å². The number of nitrogens with zero attached hydrogens (tertiary/aromatic N) is 1. The highest BCUT2D eigenvalue weighted by Crippen LogP contribution is 2.28. The molecule has 0 radical (unpaired) electrons. The van der Waals surface area contributed by atoms with E-state index in [2.05, 4.69) is 5.32 Å². The lowest BCUT2D eigenvalue weighted by molar-refractivity contribution is -0.141. The summed E-state index contributed by atoms with van der Waals surface area (Å²) in [5.74, 6) is 0.522. The monoisotopic (exact) mass is 500 g/mol. The second-order valence-corrected chi connectivity index (χ2v) is 9.37. The fourth-order valence-electron chi connectivity index (χ4n) is 3.15. The molecule has 2 aromatic rings. The van der Waals surface area contributed by atoms with Gasteiger partial charge < -0.3 is 10.2 Å². The third-order valence-corrected chi connectivity index (χ3v) is 6.80. The zero-order valence-corrected chi connectivity index (χ0v) is 20.8. The van der Waals surface area contributed by atoms with E-state index >= 15 is 0 Å². The molecule has 0 unspecified atom stereocenters. The Morgan fingerprint density at radius 1 is 1.03 bits per heavy atom. The summed E-state index contributed by atoms with van der Waals surface area (Å²) in [5, 5.41) is 4.49. The summed E-state index contributed by atoms with van der Waals surface area (Å²) in [5.41, 5.74) is 0.650. The summed E-state index contributed by atoms with van der Waals surface area (Å²) >= 11 is 20.3. The van der Waals surface area contributed by atoms with E-state index in [1.807, 2.05) is 38.1 Å². The minimum atomic E-state index is -0.580. The van der Waals surface area contributed by atoms with Crippen LogP contribution in [0.25, 0.3) is 0 Å². The fraction of sp³-hybridized carbons (Fsp3) is 0.391. The van der Waals surface area contributed by atoms with E-state index < -0.39 is 6.04 Å². The van der Waals surface area contributed by atoms with Crippen molar-refractivity contribution in [2.45, 2.75) is 50.6 Å². The predicted molar refractivity (Wildman–Crippen MR) is 131 cm³/mol. The first-order chi connectivity index (χ1) is 14.9. The number of carbonyl (C=O) groups excluding carboxylic acids is 2. The zero-order chi connectivity index (χ0) is 22.8. The van der Waals surface area contributed by atoms with Gasteiger partial charge in [0.25, 0.3) is 0 Å². The summed E-state index contributed by atoms with van der Waals surface area (Å²) in [6, 6.07) is 12.3. The second kappa shape index (κ2) is 13.2. The lowest BCUT2D eigenvalue weighted by atomic mass is 10.1. The highest BCUT2D eigenvalue weighted by Gasteiger charge is 2.29. The van der Waals surface area contributed by atoms with E-state index in [0.717, 1.165) is 10.6 Å². The minimum absolute atomic E-state index is 0.0919. The van der Waals surface area contributed by atoms with Crippen LogP contribution in [0.5, 0.6) is 0 Å². The standard InChI is InChI=1S/C23H27Cl3N2O2S/c1-3-21(23(30)27-4-2)28(15-18-19(25)7-5-8-20(18)26)22(29)9-6-14-31-17-12-10-16(24)11-13-17/h5,7-8,10-13,21H,3-4,6,9,14-15H2,1-2H3,(H,27,30)/t21-/m0/s1. The van der Waals surface area contributed by atoms with Crippen molar-refractivity contribution in [3.8, 4) is 0 Å². The third kappa shape index (κ3) is 7.90. The number of amides is 2. The van der Waals surface area contributed by atoms with Crippen LogP contribution in [0.4, 0.5) is 0 Å². The van der Waals surface area contributed by atoms with E-state index in [1.165, 1.54) is 0 Å². The van der Waals surface area contributed by atoms with Gasteiger partial charge in [0.2, 0.25) is 11.8 Å². The number of benzene rings is 2. The Balaban J connectivity index is 2.09. The molecule has 0 heterocycles. The van der Waals surface area contributed by atoms with Crippen molar-refractivity contribution in [2.24, 2.45) is 0 Å². The van der Waals surface area contributed by atoms with E-state index in [4.69, 9.17) is 34.8 Å². The van der Waals surface area contributed by atoms with Crippen molar-refractivity contribution in [1.82, 2.24) is 10.2 Å². The molecule has 0 aliphatic heterocycles. The molecule has 1 atom stereocenters. The Hall–Kier alpha value is -1.40. The highest BCUT2D eigenvalue weighted by atomic mass is 35.5. The van der Waals surface area contributed by atoms with Crippen LogP contribution < -0.4 is 5.32 Å². The molecular formula is C23H27Cl3N2O2S. The van der Waals surface area contributed by atoms with Crippen LogP contribution in [-0.4, -0.2) is 35.1 Å². The number of hydrogen-bond donors (Lipinski definition) is 1. The Kier molecular flexibility index (Phi) is 11.0. The number of likely N-dealkylation sites (N-methyl/N-ethyl adjacent to an activating group) is 1. The fourth-order valence-corrected chi connectivity index (χ4v) is 4.65. The Bertz CT molecular complexity index is 857. The molecule has 0 aromatic heterocycles. The number of halogens is 3. The quantitative estimate of drug-likeness (QED) is 0.284. The van der Waals surface area contributed by atoms with Crippen LogP contribution in [0, 0.1) is 0 Å². The van der Waals surface area contributed by atoms with Gasteiger partial charge in [-0.2, -0.15) is 0 Å². The average Bonchev–Trinajstić information content (AvgIpc) is 2.74. The van der Waals surface area contributed by atoms with Gasteiger partial charge in [-0.15, -0.1) is 11.8 Å². The molecule has 0 fully saturated rings. The Morgan fingerprint density at radius 3 is 2.26 bits per heavy atom. The molecule has 1 N–H and O–H groups in total. The largest absolute Gasteiger partial charge is 0.355 e. The van der Waals surface area contributed by atoms with E-state index in [0.29, 0.717) is 46.4 Å². The maximum absolute atomic E-state index is 13.2. The van der Waals surface area contributed by atoms with Gasteiger partial charge in [0, 0.05) is 45.0 Å². The van der Waals surface area contributed by atoms with E-state index in [9.17, 15) is 9.59 Å². The van der Waals surface area contributed by atoms with Crippen LogP contribution >= 0.6 is 46.6 Å². The van der Waals surface area contributed by atoms with Gasteiger partial charge in [-0.3, -0.25) is 9.59 Å². The number of nitrogens with one attached hydrogen (secondary N) is 1. The number of rotatable bonds is 11. The topological polar surface area (TPSA) is 49.4 Å². The summed E-state index contributed by atoms with van der Waals surface area (Å²) in [7, 11) is 0. The van der Waals surface area contributed by atoms with Crippen LogP contribution in [0.3, 0.4) is 0 Å². The van der Waals surface area contributed by atoms with Crippen LogP contribution in [0.1, 0.15) is 38.7 Å². The first-order valence-corrected chi connectivity index (χ1v) is 12.4. The van der Waals surface area contributed by atoms with Gasteiger partial charge in [-0.1, -0.05) is 47.8 Å². The molecule has 2 aromatic carbocycles. The molecule has 4 nitrogen and oxygen atoms in total. The van der Waals surface area contributed by atoms with Gasteiger partial charge in [-0.25, -0.2) is 0 Å². The summed E-state index contributed by atoms with van der Waals surface area (Å²) in [6.07, 6.45) is 1.52. The number of carbonyl (C=O) groups is 2. The van der Waals surface area contributed by atoms with Crippen LogP contribution in [0.15, 0.2) is 47.4 Å². The van der Waals surface area contributed by atoms with Crippen molar-refractivity contribution in [3.63, 3.8) is 0 Å². The second-order valence-electron chi connectivity index (χ2n) is 6.95. The van der Waals surface area contributed by atoms with Crippen LogP contribution in [-0.2, 0) is 16.1 Å². The van der Waals surface area contributed by atoms with E-state index in [1.54, 1.807) is 34.9 Å². The lowest BCUT2D eigenvalue weighted by Crippen LogP contribution is -2.49. The molecule has 2 rings (SSSR count). The summed E-state index contributed by atoms with van der Waals surface area (Å²) in [4.78, 5) is 28.5. The summed E-state index contributed by atoms with van der Waals surface area (Å²) in [6.45, 7) is 4.44. The Labute approximate surface area is 203 Å². The molecule has 168 valence electrons. The van der Waals surface area contributed by atoms with Gasteiger partial charge >= 0.3 is 0 Å². The maximum atomic E-state index is 13.2. The molecule has 0 spiro atoms. The number of hydrogen-bond acceptors (Lipinski definition) is 3. The first-order valence-electron chi connectivity index (χ1n) is 10.3. The van der Waals surface area contributed by atoms with Gasteiger partial charge in [-0.05, 0) is 61.9 Å². The Morgan fingerprint density at radius 2 is 1.68 bits per heavy atom. The van der Waals surface area contributed by atoms with Crippen molar-refractivity contribution in [3.05, 3.63) is 63.1 Å². The maximum Gasteiger partial charge on any atom is 0.242 e. The predicted octanol–water partition coefficient (Wildman–Crippen LogP) is 6.46. The molecule has 0 bridgehead atoms. The summed E-state index contributed by atoms with van der Waals surface area (Å²) < 4.78 is 0. The van der Waals surface area contributed by atoms with Gasteiger partial charge in [0.1, 0.15) is 6.04 Å².